The van der Waals surface area contributed by atoms with Gasteiger partial charge in [-0.3, -0.25) is 0 Å². The smallest absolute Gasteiger partial charge is 0.432 e. The summed E-state index contributed by atoms with van der Waals surface area (Å²) >= 11 is 0. The van der Waals surface area contributed by atoms with Crippen molar-refractivity contribution in [3.8, 4) is 0 Å². The van der Waals surface area contributed by atoms with E-state index in [2.05, 4.69) is 0 Å². The van der Waals surface area contributed by atoms with Gasteiger partial charge in [-0.25, -0.2) is 9.59 Å². The summed E-state index contributed by atoms with van der Waals surface area (Å²) < 4.78 is 65.1. The lowest BCUT2D eigenvalue weighted by molar-refractivity contribution is -0.137. The van der Waals surface area contributed by atoms with Crippen LogP contribution in [0.4, 0.5) is 22.8 Å². The van der Waals surface area contributed by atoms with Crippen LogP contribution in [0.25, 0.3) is 0 Å². The zero-order valence-corrected chi connectivity index (χ0v) is 19.8. The Morgan fingerprint density at radius 2 is 1.50 bits per heavy atom. The highest BCUT2D eigenvalue weighted by Crippen LogP contribution is 2.43. The van der Waals surface area contributed by atoms with Gasteiger partial charge < -0.3 is 28.6 Å². The third kappa shape index (κ3) is 6.66. The van der Waals surface area contributed by atoms with Crippen LogP contribution in [0.1, 0.15) is 44.7 Å². The standard InChI is InChI=1S/C23H28F3NO7/c1-13(2)32-22(29)34-20-15(4)27(5)14(3)19(33-21(28)31-12-11-30-6)18(20)16-7-9-17(10-8-16)23(24,25)26/h7-10,13,18H,11-12H2,1-6H3. The van der Waals surface area contributed by atoms with E-state index >= 15 is 0 Å². The second-order valence-corrected chi connectivity index (χ2v) is 7.72. The molecule has 0 spiro atoms. The number of nitrogens with zero attached hydrogens (tertiary/aromatic N) is 1. The van der Waals surface area contributed by atoms with Crippen molar-refractivity contribution in [3.05, 3.63) is 58.3 Å². The highest BCUT2D eigenvalue weighted by atomic mass is 19.4. The van der Waals surface area contributed by atoms with Gasteiger partial charge in [0.15, 0.2) is 0 Å². The zero-order valence-electron chi connectivity index (χ0n) is 19.8. The van der Waals surface area contributed by atoms with E-state index < -0.39 is 36.1 Å². The summed E-state index contributed by atoms with van der Waals surface area (Å²) in [6, 6.07) is 4.26. The Hall–Kier alpha value is -3.21. The number of carbonyl (C=O) groups excluding carboxylic acids is 2. The van der Waals surface area contributed by atoms with Crippen LogP contribution >= 0.6 is 0 Å². The van der Waals surface area contributed by atoms with Crippen LogP contribution in [0.3, 0.4) is 0 Å². The molecular weight excluding hydrogens is 459 g/mol. The zero-order chi connectivity index (χ0) is 25.6. The van der Waals surface area contributed by atoms with Crippen LogP contribution in [0.15, 0.2) is 47.2 Å². The van der Waals surface area contributed by atoms with Gasteiger partial charge in [-0.2, -0.15) is 13.2 Å². The average molecular weight is 487 g/mol. The Kier molecular flexibility index (Phi) is 8.97. The van der Waals surface area contributed by atoms with E-state index in [-0.39, 0.29) is 24.7 Å². The second kappa shape index (κ2) is 11.3. The van der Waals surface area contributed by atoms with Crippen molar-refractivity contribution < 1.29 is 46.4 Å². The van der Waals surface area contributed by atoms with Gasteiger partial charge in [0.2, 0.25) is 0 Å². The molecule has 188 valence electrons. The van der Waals surface area contributed by atoms with E-state index in [4.69, 9.17) is 23.7 Å². The van der Waals surface area contributed by atoms with Crippen molar-refractivity contribution in [2.45, 2.75) is 45.9 Å². The molecule has 1 aliphatic rings. The predicted octanol–water partition coefficient (Wildman–Crippen LogP) is 5.56. The summed E-state index contributed by atoms with van der Waals surface area (Å²) in [7, 11) is 3.09. The SMILES string of the molecule is COCCOC(=O)OC1=C(C)N(C)C(C)=C(OC(=O)OC(C)C)C1c1ccc(C(F)(F)F)cc1. The summed E-state index contributed by atoms with van der Waals surface area (Å²) in [5.41, 5.74) is 0.388. The first-order valence-corrected chi connectivity index (χ1v) is 10.4. The molecule has 1 heterocycles. The molecule has 2 rings (SSSR count). The number of halogens is 3. The van der Waals surface area contributed by atoms with Gasteiger partial charge in [-0.05, 0) is 45.4 Å². The van der Waals surface area contributed by atoms with E-state index in [1.165, 1.54) is 19.2 Å². The first kappa shape index (κ1) is 27.0. The number of ether oxygens (including phenoxy) is 5. The van der Waals surface area contributed by atoms with Crippen molar-refractivity contribution in [1.29, 1.82) is 0 Å². The summed E-state index contributed by atoms with van der Waals surface area (Å²) in [6.07, 6.45) is -7.05. The molecule has 34 heavy (non-hydrogen) atoms. The number of allylic oxidation sites excluding steroid dienone is 2. The molecule has 1 aromatic carbocycles. The molecule has 0 saturated carbocycles. The van der Waals surface area contributed by atoms with E-state index in [1.807, 2.05) is 0 Å². The quantitative estimate of drug-likeness (QED) is 0.365. The van der Waals surface area contributed by atoms with E-state index in [0.717, 1.165) is 12.1 Å². The average Bonchev–Trinajstić information content (AvgIpc) is 2.75. The summed E-state index contributed by atoms with van der Waals surface area (Å²) in [5.74, 6) is -0.950. The first-order chi connectivity index (χ1) is 15.9. The lowest BCUT2D eigenvalue weighted by Crippen LogP contribution is -2.31. The molecule has 0 aliphatic carbocycles. The summed E-state index contributed by atoms with van der Waals surface area (Å²) in [4.78, 5) is 26.2. The van der Waals surface area contributed by atoms with Crippen LogP contribution in [0.2, 0.25) is 0 Å². The molecule has 0 N–H and O–H groups in total. The van der Waals surface area contributed by atoms with Crippen LogP contribution in [-0.2, 0) is 29.9 Å². The van der Waals surface area contributed by atoms with Crippen molar-refractivity contribution in [1.82, 2.24) is 4.90 Å². The van der Waals surface area contributed by atoms with E-state index in [9.17, 15) is 22.8 Å². The second-order valence-electron chi connectivity index (χ2n) is 7.72. The number of methoxy groups -OCH3 is 1. The fourth-order valence-electron chi connectivity index (χ4n) is 3.19. The Bertz CT molecular complexity index is 952. The molecular formula is C23H28F3NO7. The van der Waals surface area contributed by atoms with Gasteiger partial charge in [0.25, 0.3) is 0 Å². The Balaban J connectivity index is 2.52. The van der Waals surface area contributed by atoms with Crippen LogP contribution in [0, 0.1) is 0 Å². The fraction of sp³-hybridized carbons (Fsp3) is 0.478. The Morgan fingerprint density at radius 3 is 1.97 bits per heavy atom. The maximum Gasteiger partial charge on any atom is 0.513 e. The molecule has 0 amide bonds. The third-order valence-corrected chi connectivity index (χ3v) is 5.04. The molecule has 8 nitrogen and oxygen atoms in total. The van der Waals surface area contributed by atoms with Crippen molar-refractivity contribution in [3.63, 3.8) is 0 Å². The van der Waals surface area contributed by atoms with Crippen LogP contribution in [-0.4, -0.2) is 50.7 Å². The first-order valence-electron chi connectivity index (χ1n) is 10.4. The van der Waals surface area contributed by atoms with Gasteiger partial charge in [0.05, 0.1) is 29.7 Å². The molecule has 11 heteroatoms. The van der Waals surface area contributed by atoms with E-state index in [0.29, 0.717) is 17.0 Å². The highest BCUT2D eigenvalue weighted by Gasteiger charge is 2.38. The number of alkyl halides is 3. The number of rotatable bonds is 7. The van der Waals surface area contributed by atoms with Crippen molar-refractivity contribution >= 4 is 12.3 Å². The fourth-order valence-corrected chi connectivity index (χ4v) is 3.19. The van der Waals surface area contributed by atoms with Gasteiger partial charge in [-0.15, -0.1) is 0 Å². The maximum absolute atomic E-state index is 13.1. The molecule has 1 atom stereocenters. The van der Waals surface area contributed by atoms with Crippen LogP contribution in [0.5, 0.6) is 0 Å². The van der Waals surface area contributed by atoms with Gasteiger partial charge in [0.1, 0.15) is 24.0 Å². The Labute approximate surface area is 195 Å². The maximum atomic E-state index is 13.1. The van der Waals surface area contributed by atoms with Crippen LogP contribution < -0.4 is 0 Å². The molecule has 0 fully saturated rings. The minimum Gasteiger partial charge on any atom is -0.432 e. The molecule has 0 saturated heterocycles. The molecule has 1 unspecified atom stereocenters. The van der Waals surface area contributed by atoms with Crippen molar-refractivity contribution in [2.75, 3.05) is 27.4 Å². The van der Waals surface area contributed by atoms with E-state index in [1.54, 1.807) is 39.6 Å². The third-order valence-electron chi connectivity index (χ3n) is 5.04. The molecule has 0 bridgehead atoms. The highest BCUT2D eigenvalue weighted by molar-refractivity contribution is 5.65. The monoisotopic (exact) mass is 487 g/mol. The molecule has 0 aromatic heterocycles. The van der Waals surface area contributed by atoms with Gasteiger partial charge in [-0.1, -0.05) is 12.1 Å². The minimum atomic E-state index is -4.53. The lowest BCUT2D eigenvalue weighted by atomic mass is 9.89. The Morgan fingerprint density at radius 1 is 0.971 bits per heavy atom. The molecule has 0 radical (unpaired) electrons. The van der Waals surface area contributed by atoms with Gasteiger partial charge >= 0.3 is 18.5 Å². The number of benzene rings is 1. The summed E-state index contributed by atoms with van der Waals surface area (Å²) in [5, 5.41) is 0. The lowest BCUT2D eigenvalue weighted by Gasteiger charge is -2.35. The molecule has 1 aliphatic heterocycles. The van der Waals surface area contributed by atoms with Gasteiger partial charge in [0, 0.05) is 14.2 Å². The minimum absolute atomic E-state index is 0.0302. The topological polar surface area (TPSA) is 83.5 Å². The van der Waals surface area contributed by atoms with Crippen molar-refractivity contribution in [2.24, 2.45) is 0 Å². The molecule has 1 aromatic rings. The number of carbonyl (C=O) groups is 2. The predicted molar refractivity (Wildman–Crippen MR) is 114 cm³/mol. The number of hydrogen-bond donors (Lipinski definition) is 0. The summed E-state index contributed by atoms with van der Waals surface area (Å²) in [6.45, 7) is 6.66. The largest absolute Gasteiger partial charge is 0.513 e. The number of hydrogen-bond acceptors (Lipinski definition) is 8. The normalized spacial score (nSPS) is 16.6.